The number of nitrogens with one attached hydrogen (secondary N) is 1. The Bertz CT molecular complexity index is 579. The van der Waals surface area contributed by atoms with Crippen LogP contribution < -0.4 is 16.0 Å². The molecule has 20 heavy (non-hydrogen) atoms. The molecule has 2 fully saturated rings. The fourth-order valence-electron chi connectivity index (χ4n) is 2.74. The van der Waals surface area contributed by atoms with Gasteiger partial charge in [-0.15, -0.1) is 0 Å². The van der Waals surface area contributed by atoms with Crippen LogP contribution in [0, 0.1) is 5.82 Å². The summed E-state index contributed by atoms with van der Waals surface area (Å²) in [4.78, 5) is 15.5. The van der Waals surface area contributed by atoms with Gasteiger partial charge in [-0.1, -0.05) is 12.2 Å². The summed E-state index contributed by atoms with van der Waals surface area (Å²) in [6.45, 7) is 2.68. The lowest BCUT2D eigenvalue weighted by Crippen LogP contribution is -2.52. The number of hydrogen-bond donors (Lipinski definition) is 2. The number of amides is 2. The van der Waals surface area contributed by atoms with E-state index in [0.717, 1.165) is 5.69 Å². The van der Waals surface area contributed by atoms with Gasteiger partial charge in [0.15, 0.2) is 0 Å². The molecule has 2 aliphatic rings. The fraction of sp³-hybridized carbons (Fsp3) is 0.385. The predicted octanol–water partition coefficient (Wildman–Crippen LogP) is 0.674. The molecule has 1 aromatic rings. The van der Waals surface area contributed by atoms with Crippen LogP contribution in [0.25, 0.3) is 0 Å². The van der Waals surface area contributed by atoms with Gasteiger partial charge < -0.3 is 20.9 Å². The number of nitrogens with two attached hydrogens (primary N) is 1. The first-order valence-corrected chi connectivity index (χ1v) is 6.86. The van der Waals surface area contributed by atoms with Crippen LogP contribution in [-0.2, 0) is 0 Å². The molecular weight excluding hydrogens is 279 g/mol. The van der Waals surface area contributed by atoms with Gasteiger partial charge in [-0.3, -0.25) is 0 Å². The molecule has 0 aliphatic carbocycles. The third-order valence-corrected chi connectivity index (χ3v) is 4.04. The van der Waals surface area contributed by atoms with E-state index in [4.69, 9.17) is 18.0 Å². The van der Waals surface area contributed by atoms with Crippen LogP contribution in [0.4, 0.5) is 14.9 Å². The summed E-state index contributed by atoms with van der Waals surface area (Å²) in [5, 5.41) is 2.82. The topological polar surface area (TPSA) is 61.6 Å². The summed E-state index contributed by atoms with van der Waals surface area (Å²) in [6, 6.07) is 5.02. The highest BCUT2D eigenvalue weighted by Crippen LogP contribution is 2.23. The zero-order chi connectivity index (χ0) is 14.3. The van der Waals surface area contributed by atoms with Crippen LogP contribution >= 0.6 is 12.2 Å². The van der Waals surface area contributed by atoms with Crippen LogP contribution in [0.3, 0.4) is 0 Å². The first-order chi connectivity index (χ1) is 9.56. The summed E-state index contributed by atoms with van der Waals surface area (Å²) in [6.07, 6.45) is 0. The predicted molar refractivity (Wildman–Crippen MR) is 78.4 cm³/mol. The van der Waals surface area contributed by atoms with Crippen molar-refractivity contribution in [3.05, 3.63) is 29.6 Å². The molecule has 1 atom stereocenters. The molecule has 106 valence electrons. The Hall–Kier alpha value is -1.89. The molecule has 2 heterocycles. The molecule has 0 aromatic heterocycles. The highest BCUT2D eigenvalue weighted by molar-refractivity contribution is 7.80. The lowest BCUT2D eigenvalue weighted by molar-refractivity contribution is 0.197. The Morgan fingerprint density at radius 2 is 2.25 bits per heavy atom. The van der Waals surface area contributed by atoms with Gasteiger partial charge in [0.25, 0.3) is 0 Å². The Kier molecular flexibility index (Phi) is 3.21. The zero-order valence-electron chi connectivity index (χ0n) is 10.8. The van der Waals surface area contributed by atoms with E-state index in [1.807, 2.05) is 11.0 Å². The Balaban J connectivity index is 1.79. The molecule has 2 aliphatic heterocycles. The van der Waals surface area contributed by atoms with E-state index in [1.165, 1.54) is 6.07 Å². The van der Waals surface area contributed by atoms with E-state index in [1.54, 1.807) is 6.07 Å². The Labute approximate surface area is 121 Å². The minimum Gasteiger partial charge on any atom is -0.389 e. The van der Waals surface area contributed by atoms with Gasteiger partial charge in [-0.25, -0.2) is 9.18 Å². The number of fused-ring (bicyclic) bond motifs is 1. The molecule has 3 N–H and O–H groups in total. The maximum atomic E-state index is 13.9. The summed E-state index contributed by atoms with van der Waals surface area (Å²) in [7, 11) is 0. The third-order valence-electron chi connectivity index (χ3n) is 3.82. The molecule has 0 bridgehead atoms. The van der Waals surface area contributed by atoms with Crippen molar-refractivity contribution >= 4 is 28.9 Å². The second-order valence-electron chi connectivity index (χ2n) is 5.01. The van der Waals surface area contributed by atoms with Crippen LogP contribution in [0.1, 0.15) is 5.56 Å². The van der Waals surface area contributed by atoms with Crippen molar-refractivity contribution in [1.82, 2.24) is 10.2 Å². The fourth-order valence-corrected chi connectivity index (χ4v) is 2.90. The number of piperazine rings is 1. The van der Waals surface area contributed by atoms with Crippen molar-refractivity contribution in [3.63, 3.8) is 0 Å². The maximum absolute atomic E-state index is 13.9. The molecular formula is C13H15FN4OS. The van der Waals surface area contributed by atoms with Crippen molar-refractivity contribution in [2.45, 2.75) is 6.04 Å². The first kappa shape index (κ1) is 13.1. The van der Waals surface area contributed by atoms with Gasteiger partial charge >= 0.3 is 6.03 Å². The molecule has 7 heteroatoms. The zero-order valence-corrected chi connectivity index (χ0v) is 11.6. The van der Waals surface area contributed by atoms with E-state index in [9.17, 15) is 9.18 Å². The number of anilines is 1. The van der Waals surface area contributed by atoms with Crippen molar-refractivity contribution < 1.29 is 9.18 Å². The lowest BCUT2D eigenvalue weighted by atomic mass is 10.1. The number of carbonyl (C=O) groups is 1. The molecule has 1 aromatic carbocycles. The SMILES string of the molecule is NC(=S)c1ccc(N2CCN3C(=O)NCC3C2)cc1F. The van der Waals surface area contributed by atoms with Crippen molar-refractivity contribution in [2.75, 3.05) is 31.1 Å². The third kappa shape index (κ3) is 2.18. The molecule has 2 saturated heterocycles. The maximum Gasteiger partial charge on any atom is 0.317 e. The van der Waals surface area contributed by atoms with Gasteiger partial charge in [-0.05, 0) is 18.2 Å². The highest BCUT2D eigenvalue weighted by Gasteiger charge is 2.35. The van der Waals surface area contributed by atoms with Crippen molar-refractivity contribution in [2.24, 2.45) is 5.73 Å². The average molecular weight is 294 g/mol. The van der Waals surface area contributed by atoms with E-state index in [-0.39, 0.29) is 22.6 Å². The summed E-state index contributed by atoms with van der Waals surface area (Å²) < 4.78 is 13.9. The first-order valence-electron chi connectivity index (χ1n) is 6.45. The monoisotopic (exact) mass is 294 g/mol. The van der Waals surface area contributed by atoms with E-state index in [2.05, 4.69) is 10.2 Å². The second kappa shape index (κ2) is 4.90. The number of urea groups is 1. The van der Waals surface area contributed by atoms with Crippen LogP contribution in [0.2, 0.25) is 0 Å². The largest absolute Gasteiger partial charge is 0.389 e. The molecule has 3 rings (SSSR count). The average Bonchev–Trinajstić information content (AvgIpc) is 2.79. The van der Waals surface area contributed by atoms with Gasteiger partial charge in [-0.2, -0.15) is 0 Å². The minimum absolute atomic E-state index is 0.00958. The number of halogens is 1. The number of benzene rings is 1. The van der Waals surface area contributed by atoms with Crippen LogP contribution in [0.5, 0.6) is 0 Å². The molecule has 0 radical (unpaired) electrons. The van der Waals surface area contributed by atoms with Gasteiger partial charge in [0.2, 0.25) is 0 Å². The molecule has 0 saturated carbocycles. The normalized spacial score (nSPS) is 21.6. The minimum atomic E-state index is -0.405. The van der Waals surface area contributed by atoms with E-state index in [0.29, 0.717) is 26.2 Å². The number of rotatable bonds is 2. The van der Waals surface area contributed by atoms with Crippen molar-refractivity contribution in [1.29, 1.82) is 0 Å². The van der Waals surface area contributed by atoms with Crippen LogP contribution in [-0.4, -0.2) is 48.1 Å². The van der Waals surface area contributed by atoms with Gasteiger partial charge in [0.1, 0.15) is 10.8 Å². The lowest BCUT2D eigenvalue weighted by Gasteiger charge is -2.37. The molecule has 0 spiro atoms. The molecule has 2 amide bonds. The summed E-state index contributed by atoms with van der Waals surface area (Å²) in [5.41, 5.74) is 6.51. The smallest absolute Gasteiger partial charge is 0.317 e. The van der Waals surface area contributed by atoms with E-state index >= 15 is 0 Å². The second-order valence-corrected chi connectivity index (χ2v) is 5.45. The Morgan fingerprint density at radius 3 is 2.95 bits per heavy atom. The van der Waals surface area contributed by atoms with Gasteiger partial charge in [0, 0.05) is 37.4 Å². The number of hydrogen-bond acceptors (Lipinski definition) is 3. The van der Waals surface area contributed by atoms with Crippen LogP contribution in [0.15, 0.2) is 18.2 Å². The number of carbonyl (C=O) groups excluding carboxylic acids is 1. The quantitative estimate of drug-likeness (QED) is 0.787. The Morgan fingerprint density at radius 1 is 1.45 bits per heavy atom. The van der Waals surface area contributed by atoms with Gasteiger partial charge in [0.05, 0.1) is 6.04 Å². The molecule has 1 unspecified atom stereocenters. The number of thiocarbonyl (C=S) groups is 1. The standard InChI is InChI=1S/C13H15FN4OS/c14-11-5-8(1-2-10(11)12(15)20)17-3-4-18-9(7-17)6-16-13(18)19/h1-2,5,9H,3-4,6-7H2,(H2,15,20)(H,16,19). The summed E-state index contributed by atoms with van der Waals surface area (Å²) in [5.74, 6) is -0.405. The summed E-state index contributed by atoms with van der Waals surface area (Å²) >= 11 is 4.80. The number of nitrogens with zero attached hydrogens (tertiary/aromatic N) is 2. The van der Waals surface area contributed by atoms with E-state index < -0.39 is 5.82 Å². The highest BCUT2D eigenvalue weighted by atomic mass is 32.1. The molecule has 5 nitrogen and oxygen atoms in total. The van der Waals surface area contributed by atoms with Crippen molar-refractivity contribution in [3.8, 4) is 0 Å².